The fraction of sp³-hybridized carbons (Fsp3) is 0.545. The van der Waals surface area contributed by atoms with Crippen molar-refractivity contribution in [3.63, 3.8) is 0 Å². The van der Waals surface area contributed by atoms with Crippen LogP contribution in [0.3, 0.4) is 0 Å². The van der Waals surface area contributed by atoms with Gasteiger partial charge in [0.15, 0.2) is 5.79 Å². The molecule has 1 atom stereocenters. The smallest absolute Gasteiger partial charge is 0.196 e. The van der Waals surface area contributed by atoms with Crippen LogP contribution in [-0.4, -0.2) is 23.3 Å². The second-order valence-corrected chi connectivity index (χ2v) is 4.46. The molecule has 1 saturated heterocycles. The molecule has 1 aromatic rings. The minimum atomic E-state index is -0.702. The molecule has 0 bridgehead atoms. The third-order valence-electron chi connectivity index (χ3n) is 3.12. The maximum atomic E-state index is 9.90. The Hall–Kier alpha value is -0.680. The molecule has 1 N–H and O–H groups in total. The van der Waals surface area contributed by atoms with Gasteiger partial charge in [0, 0.05) is 12.0 Å². The first-order chi connectivity index (χ1) is 7.71. The fourth-order valence-corrected chi connectivity index (χ4v) is 2.53. The maximum Gasteiger partial charge on any atom is 0.196 e. The molecule has 0 amide bonds. The molecule has 1 aliphatic carbocycles. The topological polar surface area (TPSA) is 51.6 Å². The van der Waals surface area contributed by atoms with Gasteiger partial charge in [-0.1, -0.05) is 11.6 Å². The second kappa shape index (κ2) is 3.67. The quantitative estimate of drug-likeness (QED) is 0.704. The number of hydrogen-bond acceptors (Lipinski definition) is 4. The van der Waals surface area contributed by atoms with Crippen molar-refractivity contribution in [2.24, 2.45) is 0 Å². The van der Waals surface area contributed by atoms with Crippen LogP contribution in [-0.2, 0) is 15.3 Å². The van der Waals surface area contributed by atoms with E-state index >= 15 is 0 Å². The van der Waals surface area contributed by atoms with Gasteiger partial charge >= 0.3 is 0 Å². The van der Waals surface area contributed by atoms with E-state index in [0.717, 1.165) is 5.56 Å². The van der Waals surface area contributed by atoms with Gasteiger partial charge in [-0.25, -0.2) is 4.98 Å². The van der Waals surface area contributed by atoms with Crippen LogP contribution in [0.2, 0.25) is 5.15 Å². The van der Waals surface area contributed by atoms with Crippen LogP contribution in [0, 0.1) is 0 Å². The Balaban J connectivity index is 2.13. The zero-order valence-corrected chi connectivity index (χ0v) is 9.41. The number of ether oxygens (including phenoxy) is 2. The lowest BCUT2D eigenvalue weighted by atomic mass is 9.88. The van der Waals surface area contributed by atoms with Crippen LogP contribution >= 0.6 is 11.6 Å². The van der Waals surface area contributed by atoms with Gasteiger partial charge in [-0.15, -0.1) is 0 Å². The van der Waals surface area contributed by atoms with E-state index in [4.69, 9.17) is 21.1 Å². The first-order valence-electron chi connectivity index (χ1n) is 5.34. The Bertz CT molecular complexity index is 418. The summed E-state index contributed by atoms with van der Waals surface area (Å²) in [5.41, 5.74) is 1.40. The molecule has 2 aliphatic rings. The van der Waals surface area contributed by atoms with E-state index in [2.05, 4.69) is 4.98 Å². The van der Waals surface area contributed by atoms with Gasteiger partial charge in [-0.05, 0) is 18.6 Å². The highest BCUT2D eigenvalue weighted by molar-refractivity contribution is 6.29. The van der Waals surface area contributed by atoms with Gasteiger partial charge in [0.05, 0.1) is 25.0 Å². The van der Waals surface area contributed by atoms with E-state index in [1.54, 1.807) is 6.07 Å². The van der Waals surface area contributed by atoms with E-state index in [9.17, 15) is 5.11 Å². The first kappa shape index (κ1) is 10.5. The number of halogens is 1. The molecule has 5 heteroatoms. The largest absolute Gasteiger partial charge is 0.387 e. The van der Waals surface area contributed by atoms with Crippen molar-refractivity contribution < 1.29 is 14.6 Å². The van der Waals surface area contributed by atoms with Gasteiger partial charge in [0.1, 0.15) is 5.15 Å². The van der Waals surface area contributed by atoms with Crippen LogP contribution in [0.15, 0.2) is 12.1 Å². The second-order valence-electron chi connectivity index (χ2n) is 4.07. The molecular formula is C11H12ClNO3. The summed E-state index contributed by atoms with van der Waals surface area (Å²) in [7, 11) is 0. The van der Waals surface area contributed by atoms with Crippen molar-refractivity contribution in [2.45, 2.75) is 24.7 Å². The zero-order valence-electron chi connectivity index (χ0n) is 8.65. The summed E-state index contributed by atoms with van der Waals surface area (Å²) in [6, 6.07) is 3.53. The molecular weight excluding hydrogens is 230 g/mol. The monoisotopic (exact) mass is 241 g/mol. The molecule has 3 rings (SSSR count). The molecule has 86 valence electrons. The summed E-state index contributed by atoms with van der Waals surface area (Å²) in [6.07, 6.45) is 0.664. The lowest BCUT2D eigenvalue weighted by Crippen LogP contribution is -2.34. The van der Waals surface area contributed by atoms with Crippen LogP contribution in [0.25, 0.3) is 0 Å². The fourth-order valence-electron chi connectivity index (χ4n) is 2.38. The van der Waals surface area contributed by atoms with Crippen molar-refractivity contribution in [1.82, 2.24) is 4.98 Å². The first-order valence-corrected chi connectivity index (χ1v) is 5.72. The Kier molecular flexibility index (Phi) is 2.40. The van der Waals surface area contributed by atoms with Crippen molar-refractivity contribution in [1.29, 1.82) is 0 Å². The Morgan fingerprint density at radius 1 is 1.38 bits per heavy atom. The molecule has 0 radical (unpaired) electrons. The SMILES string of the molecule is OC1CCC2(OCCO2)c2ccc(Cl)nc21. The number of aliphatic hydroxyl groups is 1. The van der Waals surface area contributed by atoms with Crippen molar-refractivity contribution >= 4 is 11.6 Å². The standard InChI is InChI=1S/C11H12ClNO3/c12-9-2-1-7-10(13-9)8(14)3-4-11(7)15-5-6-16-11/h1-2,8,14H,3-6H2. The maximum absolute atomic E-state index is 9.90. The number of hydrogen-bond donors (Lipinski definition) is 1. The van der Waals surface area contributed by atoms with Crippen molar-refractivity contribution in [3.8, 4) is 0 Å². The number of pyridine rings is 1. The normalized spacial score (nSPS) is 27.0. The molecule has 1 spiro atoms. The molecule has 1 aromatic heterocycles. The number of fused-ring (bicyclic) bond motifs is 2. The van der Waals surface area contributed by atoms with Gasteiger partial charge in [-0.3, -0.25) is 0 Å². The van der Waals surface area contributed by atoms with Crippen molar-refractivity contribution in [2.75, 3.05) is 13.2 Å². The summed E-state index contributed by atoms with van der Waals surface area (Å²) < 4.78 is 11.4. The Morgan fingerprint density at radius 2 is 2.12 bits per heavy atom. The van der Waals surface area contributed by atoms with Gasteiger partial charge in [-0.2, -0.15) is 0 Å². The molecule has 1 fully saturated rings. The van der Waals surface area contributed by atoms with Gasteiger partial charge < -0.3 is 14.6 Å². The minimum absolute atomic E-state index is 0.382. The van der Waals surface area contributed by atoms with Gasteiger partial charge in [0.2, 0.25) is 0 Å². The van der Waals surface area contributed by atoms with Crippen LogP contribution in [0.5, 0.6) is 0 Å². The number of rotatable bonds is 0. The van der Waals surface area contributed by atoms with E-state index in [-0.39, 0.29) is 0 Å². The highest BCUT2D eigenvalue weighted by Crippen LogP contribution is 2.45. The summed E-state index contributed by atoms with van der Waals surface area (Å²) in [5, 5.41) is 10.3. The Labute approximate surface area is 98.2 Å². The number of aromatic nitrogens is 1. The molecule has 1 unspecified atom stereocenters. The van der Waals surface area contributed by atoms with Crippen LogP contribution in [0.1, 0.15) is 30.2 Å². The van der Waals surface area contributed by atoms with Crippen LogP contribution in [0.4, 0.5) is 0 Å². The highest BCUT2D eigenvalue weighted by atomic mass is 35.5. The molecule has 0 aromatic carbocycles. The average Bonchev–Trinajstić information content (AvgIpc) is 2.74. The van der Waals surface area contributed by atoms with E-state index in [1.807, 2.05) is 6.07 Å². The van der Waals surface area contributed by atoms with Crippen LogP contribution < -0.4 is 0 Å². The summed E-state index contributed by atoms with van der Waals surface area (Å²) >= 11 is 5.83. The molecule has 1 aliphatic heterocycles. The predicted octanol–water partition coefficient (Wildman–Crippen LogP) is 1.76. The molecule has 16 heavy (non-hydrogen) atoms. The number of nitrogens with zero attached hydrogens (tertiary/aromatic N) is 1. The lowest BCUT2D eigenvalue weighted by Gasteiger charge is -2.35. The van der Waals surface area contributed by atoms with Crippen molar-refractivity contribution in [3.05, 3.63) is 28.5 Å². The summed E-state index contributed by atoms with van der Waals surface area (Å²) in [6.45, 7) is 1.16. The molecule has 2 heterocycles. The van der Waals surface area contributed by atoms with E-state index in [0.29, 0.717) is 36.9 Å². The highest BCUT2D eigenvalue weighted by Gasteiger charge is 2.45. The third kappa shape index (κ3) is 1.45. The summed E-state index contributed by atoms with van der Waals surface area (Å²) in [5.74, 6) is -0.702. The van der Waals surface area contributed by atoms with E-state index < -0.39 is 11.9 Å². The average molecular weight is 242 g/mol. The van der Waals surface area contributed by atoms with Gasteiger partial charge in [0.25, 0.3) is 0 Å². The third-order valence-corrected chi connectivity index (χ3v) is 3.33. The zero-order chi connectivity index (χ0) is 11.2. The minimum Gasteiger partial charge on any atom is -0.387 e. The van der Waals surface area contributed by atoms with E-state index in [1.165, 1.54) is 0 Å². The lowest BCUT2D eigenvalue weighted by molar-refractivity contribution is -0.183. The summed E-state index contributed by atoms with van der Waals surface area (Å²) in [4.78, 5) is 4.17. The molecule has 0 saturated carbocycles. The Morgan fingerprint density at radius 3 is 2.88 bits per heavy atom. The molecule has 4 nitrogen and oxygen atoms in total. The number of aliphatic hydroxyl groups excluding tert-OH is 1. The predicted molar refractivity (Wildman–Crippen MR) is 57.0 cm³/mol.